The van der Waals surface area contributed by atoms with Crippen molar-refractivity contribution in [2.45, 2.75) is 6.92 Å². The van der Waals surface area contributed by atoms with Gasteiger partial charge in [-0.25, -0.2) is 9.78 Å². The van der Waals surface area contributed by atoms with Crippen molar-refractivity contribution in [3.05, 3.63) is 59.2 Å². The maximum atomic E-state index is 12.1. The molecule has 0 saturated heterocycles. The summed E-state index contributed by atoms with van der Waals surface area (Å²) in [6, 6.07) is 14.5. The molecule has 0 atom stereocenters. The zero-order chi connectivity index (χ0) is 17.8. The van der Waals surface area contributed by atoms with E-state index < -0.39 is 5.97 Å². The van der Waals surface area contributed by atoms with E-state index in [0.29, 0.717) is 16.2 Å². The van der Waals surface area contributed by atoms with E-state index in [9.17, 15) is 4.79 Å². The Morgan fingerprint density at radius 2 is 2.04 bits per heavy atom. The number of nitrogens with zero attached hydrogens (tertiary/aromatic N) is 1. The highest BCUT2D eigenvalue weighted by molar-refractivity contribution is 6.31. The average Bonchev–Trinajstić information content (AvgIpc) is 2.62. The molecule has 3 aromatic rings. The second-order valence-electron chi connectivity index (χ2n) is 5.29. The number of hydrogen-bond acceptors (Lipinski definition) is 5. The number of benzene rings is 2. The maximum Gasteiger partial charge on any atom is 0.357 e. The third kappa shape index (κ3) is 3.83. The summed E-state index contributed by atoms with van der Waals surface area (Å²) in [6.07, 6.45) is 0. The first-order valence-electron chi connectivity index (χ1n) is 7.79. The molecule has 1 aromatic heterocycles. The van der Waals surface area contributed by atoms with Crippen molar-refractivity contribution in [1.82, 2.24) is 4.98 Å². The number of ether oxygens (including phenoxy) is 2. The second-order valence-corrected chi connectivity index (χ2v) is 5.73. The largest absolute Gasteiger partial charge is 0.497 e. The predicted molar refractivity (Wildman–Crippen MR) is 99.0 cm³/mol. The van der Waals surface area contributed by atoms with Crippen LogP contribution in [-0.4, -0.2) is 24.7 Å². The summed E-state index contributed by atoms with van der Waals surface area (Å²) in [5, 5.41) is 4.70. The summed E-state index contributed by atoms with van der Waals surface area (Å²) >= 11 is 6.13. The number of carbonyl (C=O) groups excluding carboxylic acids is 1. The van der Waals surface area contributed by atoms with E-state index in [-0.39, 0.29) is 12.3 Å². The van der Waals surface area contributed by atoms with Crippen molar-refractivity contribution in [2.24, 2.45) is 0 Å². The number of carbonyl (C=O) groups is 1. The Morgan fingerprint density at radius 1 is 1.20 bits per heavy atom. The van der Waals surface area contributed by atoms with Crippen LogP contribution in [0.25, 0.3) is 10.9 Å². The van der Waals surface area contributed by atoms with Gasteiger partial charge in [0.1, 0.15) is 5.75 Å². The van der Waals surface area contributed by atoms with Gasteiger partial charge in [-0.1, -0.05) is 17.7 Å². The van der Waals surface area contributed by atoms with Crippen LogP contribution in [0.15, 0.2) is 48.5 Å². The number of esters is 1. The van der Waals surface area contributed by atoms with Gasteiger partial charge >= 0.3 is 5.97 Å². The summed E-state index contributed by atoms with van der Waals surface area (Å²) < 4.78 is 10.3. The Hall–Kier alpha value is -2.79. The van der Waals surface area contributed by atoms with Gasteiger partial charge in [-0.15, -0.1) is 0 Å². The van der Waals surface area contributed by atoms with Crippen LogP contribution >= 0.6 is 11.6 Å². The zero-order valence-electron chi connectivity index (χ0n) is 13.9. The van der Waals surface area contributed by atoms with Gasteiger partial charge in [0.2, 0.25) is 0 Å². The van der Waals surface area contributed by atoms with E-state index in [1.54, 1.807) is 38.3 Å². The zero-order valence-corrected chi connectivity index (χ0v) is 14.6. The smallest absolute Gasteiger partial charge is 0.357 e. The first-order chi connectivity index (χ1) is 12.1. The topological polar surface area (TPSA) is 60.5 Å². The van der Waals surface area contributed by atoms with Gasteiger partial charge in [0.25, 0.3) is 0 Å². The molecule has 0 radical (unpaired) electrons. The van der Waals surface area contributed by atoms with Gasteiger partial charge in [-0.05, 0) is 43.3 Å². The summed E-state index contributed by atoms with van der Waals surface area (Å²) in [7, 11) is 1.61. The number of methoxy groups -OCH3 is 1. The van der Waals surface area contributed by atoms with Crippen molar-refractivity contribution >= 4 is 39.8 Å². The third-order valence-electron chi connectivity index (χ3n) is 3.60. The van der Waals surface area contributed by atoms with Crippen molar-refractivity contribution in [3.63, 3.8) is 0 Å². The standard InChI is InChI=1S/C19H17ClN2O3/c1-3-25-19(23)18-11-17(15-9-12(20)7-8-16(15)22-18)21-13-5-4-6-14(10-13)24-2/h4-11H,3H2,1-2H3,(H,21,22). The molecule has 5 nitrogen and oxygen atoms in total. The monoisotopic (exact) mass is 356 g/mol. The summed E-state index contributed by atoms with van der Waals surface area (Å²) in [6.45, 7) is 2.05. The highest BCUT2D eigenvalue weighted by Crippen LogP contribution is 2.30. The normalized spacial score (nSPS) is 10.5. The number of halogens is 1. The molecule has 1 N–H and O–H groups in total. The van der Waals surface area contributed by atoms with Crippen molar-refractivity contribution in [2.75, 3.05) is 19.0 Å². The lowest BCUT2D eigenvalue weighted by Gasteiger charge is -2.13. The second kappa shape index (κ2) is 7.40. The van der Waals surface area contributed by atoms with E-state index in [4.69, 9.17) is 21.1 Å². The first-order valence-corrected chi connectivity index (χ1v) is 8.17. The summed E-state index contributed by atoms with van der Waals surface area (Å²) in [5.41, 5.74) is 2.42. The molecular weight excluding hydrogens is 340 g/mol. The van der Waals surface area contributed by atoms with Gasteiger partial charge in [0.15, 0.2) is 5.69 Å². The fraction of sp³-hybridized carbons (Fsp3) is 0.158. The van der Waals surface area contributed by atoms with Gasteiger partial charge in [0.05, 0.1) is 24.9 Å². The van der Waals surface area contributed by atoms with Crippen LogP contribution in [0.3, 0.4) is 0 Å². The van der Waals surface area contributed by atoms with Gasteiger partial charge in [0, 0.05) is 22.2 Å². The molecule has 2 aromatic carbocycles. The quantitative estimate of drug-likeness (QED) is 0.664. The number of anilines is 2. The summed E-state index contributed by atoms with van der Waals surface area (Å²) in [5.74, 6) is 0.264. The lowest BCUT2D eigenvalue weighted by Crippen LogP contribution is -2.08. The fourth-order valence-corrected chi connectivity index (χ4v) is 2.64. The SMILES string of the molecule is CCOC(=O)c1cc(Nc2cccc(OC)c2)c2cc(Cl)ccc2n1. The third-order valence-corrected chi connectivity index (χ3v) is 3.84. The van der Waals surface area contributed by atoms with E-state index in [0.717, 1.165) is 16.8 Å². The van der Waals surface area contributed by atoms with Crippen LogP contribution in [-0.2, 0) is 4.74 Å². The highest BCUT2D eigenvalue weighted by atomic mass is 35.5. The molecule has 6 heteroatoms. The number of rotatable bonds is 5. The Morgan fingerprint density at radius 3 is 2.80 bits per heavy atom. The first kappa shape index (κ1) is 17.0. The van der Waals surface area contributed by atoms with Crippen LogP contribution in [0.1, 0.15) is 17.4 Å². The van der Waals surface area contributed by atoms with Crippen LogP contribution in [0, 0.1) is 0 Å². The molecule has 0 aliphatic heterocycles. The lowest BCUT2D eigenvalue weighted by molar-refractivity contribution is 0.0520. The molecule has 0 saturated carbocycles. The van der Waals surface area contributed by atoms with Crippen LogP contribution < -0.4 is 10.1 Å². The number of nitrogens with one attached hydrogen (secondary N) is 1. The molecular formula is C19H17ClN2O3. The van der Waals surface area contributed by atoms with Crippen molar-refractivity contribution in [1.29, 1.82) is 0 Å². The number of hydrogen-bond donors (Lipinski definition) is 1. The average molecular weight is 357 g/mol. The van der Waals surface area contributed by atoms with Gasteiger partial charge in [-0.2, -0.15) is 0 Å². The number of fused-ring (bicyclic) bond motifs is 1. The minimum atomic E-state index is -0.465. The minimum absolute atomic E-state index is 0.238. The van der Waals surface area contributed by atoms with Crippen molar-refractivity contribution < 1.29 is 14.3 Å². The molecule has 0 unspecified atom stereocenters. The number of aromatic nitrogens is 1. The molecule has 0 bridgehead atoms. The Labute approximate surface area is 150 Å². The molecule has 0 fully saturated rings. The molecule has 0 amide bonds. The molecule has 128 valence electrons. The van der Waals surface area contributed by atoms with Crippen LogP contribution in [0.4, 0.5) is 11.4 Å². The molecule has 3 rings (SSSR count). The maximum absolute atomic E-state index is 12.1. The van der Waals surface area contributed by atoms with Crippen molar-refractivity contribution in [3.8, 4) is 5.75 Å². The minimum Gasteiger partial charge on any atom is -0.497 e. The molecule has 0 aliphatic rings. The van der Waals surface area contributed by atoms with Gasteiger partial charge < -0.3 is 14.8 Å². The lowest BCUT2D eigenvalue weighted by atomic mass is 10.1. The Kier molecular flexibility index (Phi) is 5.05. The van der Waals surface area contributed by atoms with Crippen LogP contribution in [0.2, 0.25) is 5.02 Å². The van der Waals surface area contributed by atoms with Gasteiger partial charge in [-0.3, -0.25) is 0 Å². The number of pyridine rings is 1. The van der Waals surface area contributed by atoms with E-state index in [1.807, 2.05) is 24.3 Å². The predicted octanol–water partition coefficient (Wildman–Crippen LogP) is 4.82. The van der Waals surface area contributed by atoms with E-state index in [1.165, 1.54) is 0 Å². The summed E-state index contributed by atoms with van der Waals surface area (Å²) in [4.78, 5) is 16.5. The van der Waals surface area contributed by atoms with Crippen LogP contribution in [0.5, 0.6) is 5.75 Å². The molecule has 1 heterocycles. The Bertz CT molecular complexity index is 928. The van der Waals surface area contributed by atoms with E-state index >= 15 is 0 Å². The molecule has 0 spiro atoms. The van der Waals surface area contributed by atoms with E-state index in [2.05, 4.69) is 10.3 Å². The fourth-order valence-electron chi connectivity index (χ4n) is 2.47. The Balaban J connectivity index is 2.09. The molecule has 25 heavy (non-hydrogen) atoms. The highest BCUT2D eigenvalue weighted by Gasteiger charge is 2.14. The molecule has 0 aliphatic carbocycles.